The number of hydrogen-bond acceptors (Lipinski definition) is 3. The highest BCUT2D eigenvalue weighted by atomic mass is 16.5. The van der Waals surface area contributed by atoms with Crippen LogP contribution in [0.25, 0.3) is 0 Å². The molecule has 0 radical (unpaired) electrons. The largest absolute Gasteiger partial charge is 0.384 e. The standard InChI is InChI=1S/C14H26N2O2/c1-18-10-12-6-7-16(9-12)14(17)13-4-2-11(8-15)3-5-13/h11-13H,2-10,15H2,1H3. The molecule has 1 saturated carbocycles. The van der Waals surface area contributed by atoms with Crippen molar-refractivity contribution < 1.29 is 9.53 Å². The lowest BCUT2D eigenvalue weighted by atomic mass is 9.81. The molecule has 1 aliphatic carbocycles. The topological polar surface area (TPSA) is 55.6 Å². The van der Waals surface area contributed by atoms with Gasteiger partial charge in [0.15, 0.2) is 0 Å². The molecule has 0 aromatic heterocycles. The van der Waals surface area contributed by atoms with Crippen LogP contribution < -0.4 is 5.73 Å². The van der Waals surface area contributed by atoms with E-state index in [-0.39, 0.29) is 5.92 Å². The Morgan fingerprint density at radius 3 is 2.56 bits per heavy atom. The van der Waals surface area contributed by atoms with Crippen LogP contribution in [0.15, 0.2) is 0 Å². The van der Waals surface area contributed by atoms with Gasteiger partial charge in [0.05, 0.1) is 6.61 Å². The van der Waals surface area contributed by atoms with Gasteiger partial charge in [-0.05, 0) is 44.6 Å². The minimum absolute atomic E-state index is 0.258. The fourth-order valence-electron chi connectivity index (χ4n) is 3.31. The third-order valence-corrected chi connectivity index (χ3v) is 4.53. The molecule has 0 bridgehead atoms. The summed E-state index contributed by atoms with van der Waals surface area (Å²) in [5.41, 5.74) is 5.69. The van der Waals surface area contributed by atoms with E-state index in [0.29, 0.717) is 17.7 Å². The second-order valence-corrected chi connectivity index (χ2v) is 5.85. The lowest BCUT2D eigenvalue weighted by Gasteiger charge is -2.30. The Morgan fingerprint density at radius 2 is 1.94 bits per heavy atom. The van der Waals surface area contributed by atoms with Crippen LogP contribution in [0.4, 0.5) is 0 Å². The van der Waals surface area contributed by atoms with Crippen LogP contribution in [0.1, 0.15) is 32.1 Å². The first kappa shape index (κ1) is 13.8. The number of likely N-dealkylation sites (tertiary alicyclic amines) is 1. The van der Waals surface area contributed by atoms with Crippen LogP contribution in [0.5, 0.6) is 0 Å². The number of nitrogens with two attached hydrogens (primary N) is 1. The van der Waals surface area contributed by atoms with Gasteiger partial charge in [-0.25, -0.2) is 0 Å². The van der Waals surface area contributed by atoms with E-state index in [2.05, 4.69) is 4.90 Å². The molecule has 1 aliphatic heterocycles. The molecule has 2 rings (SSSR count). The molecule has 2 N–H and O–H groups in total. The summed E-state index contributed by atoms with van der Waals surface area (Å²) in [4.78, 5) is 14.5. The van der Waals surface area contributed by atoms with E-state index in [9.17, 15) is 4.79 Å². The van der Waals surface area contributed by atoms with Gasteiger partial charge in [0.25, 0.3) is 0 Å². The molecule has 1 atom stereocenters. The quantitative estimate of drug-likeness (QED) is 0.821. The average Bonchev–Trinajstić information content (AvgIpc) is 2.87. The molecule has 0 aromatic rings. The number of carbonyl (C=O) groups is 1. The lowest BCUT2D eigenvalue weighted by molar-refractivity contribution is -0.135. The van der Waals surface area contributed by atoms with Crippen molar-refractivity contribution in [3.63, 3.8) is 0 Å². The van der Waals surface area contributed by atoms with Crippen molar-refractivity contribution in [3.8, 4) is 0 Å². The molecule has 0 spiro atoms. The number of ether oxygens (including phenoxy) is 1. The highest BCUT2D eigenvalue weighted by molar-refractivity contribution is 5.79. The zero-order valence-electron chi connectivity index (χ0n) is 11.4. The third kappa shape index (κ3) is 3.23. The maximum Gasteiger partial charge on any atom is 0.225 e. The predicted molar refractivity (Wildman–Crippen MR) is 71.1 cm³/mol. The van der Waals surface area contributed by atoms with Gasteiger partial charge in [-0.2, -0.15) is 0 Å². The Hall–Kier alpha value is -0.610. The minimum Gasteiger partial charge on any atom is -0.384 e. The van der Waals surface area contributed by atoms with Crippen molar-refractivity contribution in [1.29, 1.82) is 0 Å². The smallest absolute Gasteiger partial charge is 0.225 e. The van der Waals surface area contributed by atoms with E-state index in [1.54, 1.807) is 7.11 Å². The van der Waals surface area contributed by atoms with Crippen molar-refractivity contribution in [1.82, 2.24) is 4.90 Å². The normalized spacial score (nSPS) is 32.8. The Balaban J connectivity index is 1.78. The van der Waals surface area contributed by atoms with E-state index in [1.807, 2.05) is 0 Å². The first-order valence-electron chi connectivity index (χ1n) is 7.22. The number of rotatable bonds is 4. The van der Waals surface area contributed by atoms with E-state index in [0.717, 1.165) is 58.3 Å². The molecule has 4 heteroatoms. The van der Waals surface area contributed by atoms with E-state index < -0.39 is 0 Å². The molecule has 1 amide bonds. The number of methoxy groups -OCH3 is 1. The molecular weight excluding hydrogens is 228 g/mol. The SMILES string of the molecule is COCC1CCN(C(=O)C2CCC(CN)CC2)C1. The summed E-state index contributed by atoms with van der Waals surface area (Å²) in [6, 6.07) is 0. The number of hydrogen-bond donors (Lipinski definition) is 1. The Bertz CT molecular complexity index is 271. The molecular formula is C14H26N2O2. The molecule has 1 unspecified atom stereocenters. The van der Waals surface area contributed by atoms with Crippen molar-refractivity contribution in [2.24, 2.45) is 23.5 Å². The average molecular weight is 254 g/mol. The molecule has 18 heavy (non-hydrogen) atoms. The first-order valence-corrected chi connectivity index (χ1v) is 7.22. The van der Waals surface area contributed by atoms with Crippen molar-refractivity contribution in [3.05, 3.63) is 0 Å². The lowest BCUT2D eigenvalue weighted by Crippen LogP contribution is -2.37. The van der Waals surface area contributed by atoms with Gasteiger partial charge in [0.1, 0.15) is 0 Å². The van der Waals surface area contributed by atoms with Gasteiger partial charge >= 0.3 is 0 Å². The molecule has 2 fully saturated rings. The summed E-state index contributed by atoms with van der Waals surface area (Å²) < 4.78 is 5.18. The highest BCUT2D eigenvalue weighted by Crippen LogP contribution is 2.30. The monoisotopic (exact) mass is 254 g/mol. The number of carbonyl (C=O) groups excluding carboxylic acids is 1. The van der Waals surface area contributed by atoms with Crippen LogP contribution in [-0.2, 0) is 9.53 Å². The number of nitrogens with zero attached hydrogens (tertiary/aromatic N) is 1. The second-order valence-electron chi connectivity index (χ2n) is 5.85. The zero-order chi connectivity index (χ0) is 13.0. The molecule has 1 heterocycles. The van der Waals surface area contributed by atoms with Gasteiger partial charge < -0.3 is 15.4 Å². The molecule has 1 saturated heterocycles. The number of amides is 1. The van der Waals surface area contributed by atoms with Gasteiger partial charge in [0, 0.05) is 32.0 Å². The minimum atomic E-state index is 0.258. The zero-order valence-corrected chi connectivity index (χ0v) is 11.4. The van der Waals surface area contributed by atoms with E-state index in [4.69, 9.17) is 10.5 Å². The summed E-state index contributed by atoms with van der Waals surface area (Å²) in [7, 11) is 1.73. The fourth-order valence-corrected chi connectivity index (χ4v) is 3.31. The van der Waals surface area contributed by atoms with Crippen molar-refractivity contribution >= 4 is 5.91 Å². The van der Waals surface area contributed by atoms with Gasteiger partial charge in [-0.15, -0.1) is 0 Å². The maximum atomic E-state index is 12.4. The van der Waals surface area contributed by atoms with Crippen LogP contribution in [0, 0.1) is 17.8 Å². The van der Waals surface area contributed by atoms with Crippen LogP contribution in [-0.4, -0.2) is 44.2 Å². The van der Waals surface area contributed by atoms with Gasteiger partial charge in [-0.1, -0.05) is 0 Å². The molecule has 104 valence electrons. The summed E-state index contributed by atoms with van der Waals surface area (Å²) in [5.74, 6) is 1.83. The van der Waals surface area contributed by atoms with Crippen molar-refractivity contribution in [2.75, 3.05) is 33.4 Å². The van der Waals surface area contributed by atoms with Gasteiger partial charge in [-0.3, -0.25) is 4.79 Å². The van der Waals surface area contributed by atoms with Crippen LogP contribution in [0.3, 0.4) is 0 Å². The Labute approximate surface area is 110 Å². The maximum absolute atomic E-state index is 12.4. The van der Waals surface area contributed by atoms with Crippen molar-refractivity contribution in [2.45, 2.75) is 32.1 Å². The van der Waals surface area contributed by atoms with Crippen LogP contribution in [0.2, 0.25) is 0 Å². The van der Waals surface area contributed by atoms with E-state index in [1.165, 1.54) is 0 Å². The molecule has 4 nitrogen and oxygen atoms in total. The van der Waals surface area contributed by atoms with Gasteiger partial charge in [0.2, 0.25) is 5.91 Å². The Morgan fingerprint density at radius 1 is 1.22 bits per heavy atom. The van der Waals surface area contributed by atoms with Crippen LogP contribution >= 0.6 is 0 Å². The Kier molecular flexibility index (Phi) is 5.01. The third-order valence-electron chi connectivity index (χ3n) is 4.53. The predicted octanol–water partition coefficient (Wildman–Crippen LogP) is 1.25. The second kappa shape index (κ2) is 6.53. The summed E-state index contributed by atoms with van der Waals surface area (Å²) in [6.07, 6.45) is 5.42. The fraction of sp³-hybridized carbons (Fsp3) is 0.929. The summed E-state index contributed by atoms with van der Waals surface area (Å²) >= 11 is 0. The first-order chi connectivity index (χ1) is 8.74. The summed E-state index contributed by atoms with van der Waals surface area (Å²) in [5, 5.41) is 0. The van der Waals surface area contributed by atoms with E-state index >= 15 is 0 Å². The molecule has 2 aliphatic rings. The highest BCUT2D eigenvalue weighted by Gasteiger charge is 2.32. The summed E-state index contributed by atoms with van der Waals surface area (Å²) in [6.45, 7) is 3.37. The molecule has 0 aromatic carbocycles.